The molecule has 1 aliphatic carbocycles. The average molecular weight is 323 g/mol. The molecule has 3 rings (SSSR count). The minimum Gasteiger partial charge on any atom is -0.291 e. The number of hydrogen-bond donors (Lipinski definition) is 0. The predicted octanol–water partition coefficient (Wildman–Crippen LogP) is 4.54. The van der Waals surface area contributed by atoms with Crippen LogP contribution in [0.2, 0.25) is 0 Å². The number of pyridine rings is 1. The van der Waals surface area contributed by atoms with Gasteiger partial charge in [0.25, 0.3) is 0 Å². The van der Waals surface area contributed by atoms with E-state index >= 15 is 0 Å². The first-order valence-corrected chi connectivity index (χ1v) is 7.18. The van der Waals surface area contributed by atoms with Crippen LogP contribution in [0.25, 0.3) is 0 Å². The summed E-state index contributed by atoms with van der Waals surface area (Å²) in [5.41, 5.74) is -1.94. The highest BCUT2D eigenvalue weighted by molar-refractivity contribution is 6.03. The number of alkyl halides is 3. The van der Waals surface area contributed by atoms with Crippen LogP contribution in [0.15, 0.2) is 42.6 Å². The van der Waals surface area contributed by atoms with Crippen molar-refractivity contribution in [2.24, 2.45) is 0 Å². The molecule has 0 N–H and O–H groups in total. The lowest BCUT2D eigenvalue weighted by atomic mass is 9.61. The minimum absolute atomic E-state index is 0.0207. The van der Waals surface area contributed by atoms with Gasteiger partial charge in [-0.05, 0) is 37.1 Å². The molecule has 1 heterocycles. The van der Waals surface area contributed by atoms with Gasteiger partial charge in [0.15, 0.2) is 5.78 Å². The Hall–Kier alpha value is -2.24. The summed E-state index contributed by atoms with van der Waals surface area (Å²) < 4.78 is 52.3. The molecule has 0 amide bonds. The number of ketones is 1. The average Bonchev–Trinajstić information content (AvgIpc) is 2.47. The third-order valence-electron chi connectivity index (χ3n) is 4.35. The maximum Gasteiger partial charge on any atom is 0.416 e. The molecule has 1 fully saturated rings. The lowest BCUT2D eigenvalue weighted by Crippen LogP contribution is -2.43. The predicted molar refractivity (Wildman–Crippen MR) is 75.5 cm³/mol. The van der Waals surface area contributed by atoms with Crippen LogP contribution < -0.4 is 0 Å². The Morgan fingerprint density at radius 1 is 1.13 bits per heavy atom. The summed E-state index contributed by atoms with van der Waals surface area (Å²) in [4.78, 5) is 16.7. The summed E-state index contributed by atoms with van der Waals surface area (Å²) >= 11 is 0. The van der Waals surface area contributed by atoms with Gasteiger partial charge in [0.2, 0.25) is 0 Å². The molecule has 1 saturated carbocycles. The fourth-order valence-electron chi connectivity index (χ4n) is 2.97. The quantitative estimate of drug-likeness (QED) is 0.613. The summed E-state index contributed by atoms with van der Waals surface area (Å²) in [5, 5.41) is 0. The van der Waals surface area contributed by atoms with E-state index in [0.717, 1.165) is 18.6 Å². The Kier molecular flexibility index (Phi) is 3.70. The smallest absolute Gasteiger partial charge is 0.291 e. The lowest BCUT2D eigenvalue weighted by molar-refractivity contribution is -0.137. The number of aromatic nitrogens is 1. The van der Waals surface area contributed by atoms with Gasteiger partial charge in [0.1, 0.15) is 11.5 Å². The van der Waals surface area contributed by atoms with Gasteiger partial charge in [-0.1, -0.05) is 18.6 Å². The number of carbonyl (C=O) groups excluding carboxylic acids is 1. The van der Waals surface area contributed by atoms with Crippen LogP contribution in [0.5, 0.6) is 0 Å². The second-order valence-electron chi connectivity index (χ2n) is 5.67. The molecule has 6 heteroatoms. The van der Waals surface area contributed by atoms with E-state index in [4.69, 9.17) is 0 Å². The minimum atomic E-state index is -4.61. The number of Topliss-reactive ketones (excluding diaryl/α,β-unsaturated/α-hetero) is 1. The highest BCUT2D eigenvalue weighted by Crippen LogP contribution is 2.47. The number of nitrogens with zero attached hydrogens (tertiary/aromatic N) is 1. The van der Waals surface area contributed by atoms with Crippen molar-refractivity contribution in [3.63, 3.8) is 0 Å². The summed E-state index contributed by atoms with van der Waals surface area (Å²) in [7, 11) is 0. The Morgan fingerprint density at radius 2 is 1.87 bits per heavy atom. The summed E-state index contributed by atoms with van der Waals surface area (Å²) in [6.45, 7) is 0. The number of carbonyl (C=O) groups is 1. The van der Waals surface area contributed by atoms with Crippen molar-refractivity contribution in [1.29, 1.82) is 0 Å². The van der Waals surface area contributed by atoms with Crippen molar-refractivity contribution in [3.05, 3.63) is 65.2 Å². The van der Waals surface area contributed by atoms with Gasteiger partial charge in [-0.25, -0.2) is 4.39 Å². The van der Waals surface area contributed by atoms with Gasteiger partial charge in [0, 0.05) is 11.8 Å². The van der Waals surface area contributed by atoms with E-state index in [1.54, 1.807) is 12.1 Å². The van der Waals surface area contributed by atoms with E-state index in [1.807, 2.05) is 0 Å². The Morgan fingerprint density at radius 3 is 2.35 bits per heavy atom. The van der Waals surface area contributed by atoms with Gasteiger partial charge in [-0.15, -0.1) is 0 Å². The molecule has 0 aliphatic heterocycles. The summed E-state index contributed by atoms with van der Waals surface area (Å²) in [5.74, 6) is -1.34. The van der Waals surface area contributed by atoms with Crippen LogP contribution in [-0.2, 0) is 11.6 Å². The lowest BCUT2D eigenvalue weighted by Gasteiger charge is -2.40. The molecular weight excluding hydrogens is 310 g/mol. The van der Waals surface area contributed by atoms with E-state index < -0.39 is 23.0 Å². The standard InChI is InChI=1S/C17H13F4NO/c18-13-10-11(17(19,20)21)5-6-12(13)16(7-3-8-16)15(23)14-4-1-2-9-22-14/h1-2,4-6,9-10H,3,7-8H2. The van der Waals surface area contributed by atoms with Gasteiger partial charge in [-0.2, -0.15) is 13.2 Å². The van der Waals surface area contributed by atoms with Crippen molar-refractivity contribution >= 4 is 5.78 Å². The second kappa shape index (κ2) is 5.44. The van der Waals surface area contributed by atoms with Gasteiger partial charge in [-0.3, -0.25) is 9.78 Å². The van der Waals surface area contributed by atoms with Crippen LogP contribution in [-0.4, -0.2) is 10.8 Å². The third kappa shape index (κ3) is 2.62. The Bertz CT molecular complexity index is 736. The second-order valence-corrected chi connectivity index (χ2v) is 5.67. The molecule has 1 aromatic carbocycles. The number of halogens is 4. The number of hydrogen-bond acceptors (Lipinski definition) is 2. The van der Waals surface area contributed by atoms with Gasteiger partial charge in [0.05, 0.1) is 11.0 Å². The molecule has 23 heavy (non-hydrogen) atoms. The van der Waals surface area contributed by atoms with Crippen molar-refractivity contribution in [2.75, 3.05) is 0 Å². The zero-order valence-corrected chi connectivity index (χ0v) is 12.0. The van der Waals surface area contributed by atoms with E-state index in [-0.39, 0.29) is 17.0 Å². The topological polar surface area (TPSA) is 30.0 Å². The molecule has 2 aromatic rings. The van der Waals surface area contributed by atoms with Crippen LogP contribution in [0.1, 0.15) is 40.9 Å². The fourth-order valence-corrected chi connectivity index (χ4v) is 2.97. The zero-order valence-electron chi connectivity index (χ0n) is 12.0. The third-order valence-corrected chi connectivity index (χ3v) is 4.35. The molecule has 120 valence electrons. The molecule has 0 radical (unpaired) electrons. The number of rotatable bonds is 3. The van der Waals surface area contributed by atoms with Crippen LogP contribution in [0.3, 0.4) is 0 Å². The number of benzene rings is 1. The molecule has 0 unspecified atom stereocenters. The summed E-state index contributed by atoms with van der Waals surface area (Å²) in [6, 6.07) is 7.20. The molecule has 0 saturated heterocycles. The fraction of sp³-hybridized carbons (Fsp3) is 0.294. The SMILES string of the molecule is O=C(c1ccccn1)C1(c2ccc(C(F)(F)F)cc2F)CCC1. The summed E-state index contributed by atoms with van der Waals surface area (Å²) in [6.07, 6.45) is -1.62. The molecule has 2 nitrogen and oxygen atoms in total. The van der Waals surface area contributed by atoms with E-state index in [1.165, 1.54) is 12.3 Å². The molecular formula is C17H13F4NO. The Balaban J connectivity index is 2.03. The van der Waals surface area contributed by atoms with E-state index in [0.29, 0.717) is 18.9 Å². The first-order chi connectivity index (χ1) is 10.8. The highest BCUT2D eigenvalue weighted by atomic mass is 19.4. The van der Waals surface area contributed by atoms with Crippen LogP contribution >= 0.6 is 0 Å². The zero-order chi connectivity index (χ0) is 16.7. The van der Waals surface area contributed by atoms with Crippen molar-refractivity contribution in [1.82, 2.24) is 4.98 Å². The maximum absolute atomic E-state index is 14.3. The van der Waals surface area contributed by atoms with Crippen molar-refractivity contribution in [2.45, 2.75) is 30.9 Å². The first-order valence-electron chi connectivity index (χ1n) is 7.18. The van der Waals surface area contributed by atoms with E-state index in [9.17, 15) is 22.4 Å². The van der Waals surface area contributed by atoms with E-state index in [2.05, 4.69) is 4.98 Å². The van der Waals surface area contributed by atoms with Crippen molar-refractivity contribution < 1.29 is 22.4 Å². The monoisotopic (exact) mass is 323 g/mol. The normalized spacial score (nSPS) is 16.7. The van der Waals surface area contributed by atoms with Crippen molar-refractivity contribution in [3.8, 4) is 0 Å². The maximum atomic E-state index is 14.3. The van der Waals surface area contributed by atoms with Crippen LogP contribution in [0, 0.1) is 5.82 Å². The molecule has 1 aromatic heterocycles. The Labute approximate surface area is 130 Å². The first kappa shape index (κ1) is 15.6. The molecule has 0 spiro atoms. The van der Waals surface area contributed by atoms with Crippen LogP contribution in [0.4, 0.5) is 17.6 Å². The molecule has 0 bridgehead atoms. The molecule has 0 atom stereocenters. The highest BCUT2D eigenvalue weighted by Gasteiger charge is 2.48. The van der Waals surface area contributed by atoms with Gasteiger partial charge < -0.3 is 0 Å². The largest absolute Gasteiger partial charge is 0.416 e. The molecule has 1 aliphatic rings. The van der Waals surface area contributed by atoms with Gasteiger partial charge >= 0.3 is 6.18 Å².